The first-order valence-electron chi connectivity index (χ1n) is 11.8. The molecular formula is C25H38FN3O5S. The predicted octanol–water partition coefficient (Wildman–Crippen LogP) is 4.98. The maximum absolute atomic E-state index is 14.6. The van der Waals surface area contributed by atoms with Gasteiger partial charge in [0.2, 0.25) is 0 Å². The Morgan fingerprint density at radius 3 is 2.54 bits per heavy atom. The number of carbonyl (C=O) groups is 2. The van der Waals surface area contributed by atoms with Crippen LogP contribution in [-0.2, 0) is 25.0 Å². The van der Waals surface area contributed by atoms with Gasteiger partial charge in [-0.2, -0.15) is 0 Å². The number of aromatic nitrogens is 1. The van der Waals surface area contributed by atoms with Crippen LogP contribution >= 0.6 is 12.0 Å². The molecule has 35 heavy (non-hydrogen) atoms. The number of pyridine rings is 1. The zero-order chi connectivity index (χ0) is 26.2. The van der Waals surface area contributed by atoms with Crippen molar-refractivity contribution >= 4 is 29.8 Å². The molecule has 1 aliphatic carbocycles. The van der Waals surface area contributed by atoms with Crippen molar-refractivity contribution in [2.24, 2.45) is 5.41 Å². The molecule has 1 amide bonds. The molecule has 2 N–H and O–H groups in total. The Morgan fingerprint density at radius 2 is 2.00 bits per heavy atom. The smallest absolute Gasteiger partial charge is 0.407 e. The lowest BCUT2D eigenvalue weighted by Gasteiger charge is -2.41. The molecule has 10 heteroatoms. The van der Waals surface area contributed by atoms with E-state index in [2.05, 4.69) is 29.1 Å². The minimum atomic E-state index is -0.913. The molecule has 1 heterocycles. The van der Waals surface area contributed by atoms with Gasteiger partial charge in [0, 0.05) is 5.75 Å². The number of alkyl carbamates (subject to hydrolysis) is 1. The number of halogens is 1. The van der Waals surface area contributed by atoms with Crippen LogP contribution in [0.1, 0.15) is 71.7 Å². The summed E-state index contributed by atoms with van der Waals surface area (Å²) in [5, 5.41) is 5.50. The number of rotatable bonds is 12. The summed E-state index contributed by atoms with van der Waals surface area (Å²) in [6.45, 7) is 13.1. The van der Waals surface area contributed by atoms with E-state index in [0.29, 0.717) is 11.1 Å². The van der Waals surface area contributed by atoms with Gasteiger partial charge in [0.05, 0.1) is 25.0 Å². The minimum absolute atomic E-state index is 0.0330. The number of hydrogen-bond donors (Lipinski definition) is 2. The number of esters is 1. The number of nitrogens with zero attached hydrogens (tertiary/aromatic N) is 1. The summed E-state index contributed by atoms with van der Waals surface area (Å²) >= 11 is 1.35. The highest BCUT2D eigenvalue weighted by atomic mass is 32.2. The summed E-state index contributed by atoms with van der Waals surface area (Å²) < 4.78 is 30.6. The highest BCUT2D eigenvalue weighted by Gasteiger charge is 2.36. The number of ether oxygens (including phenoxy) is 2. The molecule has 0 bridgehead atoms. The fraction of sp³-hybridized carbons (Fsp3) is 0.640. The second-order valence-electron chi connectivity index (χ2n) is 9.88. The SMILES string of the molecule is C=C(NC(C(=O)OC)C(C)OSCC1(CC)CCC1)c1nc(CNC(=O)OC(C)(C)C)ccc1F. The van der Waals surface area contributed by atoms with E-state index in [-0.39, 0.29) is 17.9 Å². The fourth-order valence-corrected chi connectivity index (χ4v) is 4.76. The van der Waals surface area contributed by atoms with Crippen LogP contribution in [0.3, 0.4) is 0 Å². The highest BCUT2D eigenvalue weighted by molar-refractivity contribution is 7.94. The van der Waals surface area contributed by atoms with Crippen molar-refractivity contribution in [2.45, 2.75) is 84.6 Å². The van der Waals surface area contributed by atoms with Crippen LogP contribution in [0.2, 0.25) is 0 Å². The Balaban J connectivity index is 2.02. The summed E-state index contributed by atoms with van der Waals surface area (Å²) in [6.07, 6.45) is 3.53. The van der Waals surface area contributed by atoms with E-state index in [0.717, 1.165) is 12.2 Å². The van der Waals surface area contributed by atoms with Gasteiger partial charge >= 0.3 is 12.1 Å². The van der Waals surface area contributed by atoms with Crippen LogP contribution in [0.15, 0.2) is 18.7 Å². The van der Waals surface area contributed by atoms with Gasteiger partial charge in [-0.05, 0) is 76.5 Å². The fourth-order valence-electron chi connectivity index (χ4n) is 3.62. The number of amides is 1. The summed E-state index contributed by atoms with van der Waals surface area (Å²) in [5.41, 5.74) is 0.0972. The van der Waals surface area contributed by atoms with Crippen LogP contribution in [0, 0.1) is 11.2 Å². The van der Waals surface area contributed by atoms with Gasteiger partial charge in [-0.25, -0.2) is 19.0 Å². The Kier molecular flexibility index (Phi) is 10.4. The van der Waals surface area contributed by atoms with Crippen molar-refractivity contribution in [1.29, 1.82) is 0 Å². The van der Waals surface area contributed by atoms with Crippen molar-refractivity contribution in [3.8, 4) is 0 Å². The van der Waals surface area contributed by atoms with Gasteiger partial charge in [-0.15, -0.1) is 0 Å². The van der Waals surface area contributed by atoms with Crippen LogP contribution in [0.5, 0.6) is 0 Å². The van der Waals surface area contributed by atoms with Gasteiger partial charge in [-0.3, -0.25) is 0 Å². The number of methoxy groups -OCH3 is 1. The standard InChI is InChI=1S/C25H38FN3O5S/c1-8-25(12-9-13-25)15-35-34-17(3)21(22(30)32-7)28-16(2)20-19(26)11-10-18(29-20)14-27-23(31)33-24(4,5)6/h10-11,17,21,28H,2,8-9,12-15H2,1,3-7H3,(H,27,31). The molecule has 196 valence electrons. The second kappa shape index (κ2) is 12.6. The third kappa shape index (κ3) is 8.68. The molecule has 1 fully saturated rings. The Bertz CT molecular complexity index is 896. The highest BCUT2D eigenvalue weighted by Crippen LogP contribution is 2.46. The van der Waals surface area contributed by atoms with Crippen molar-refractivity contribution in [3.63, 3.8) is 0 Å². The molecule has 2 unspecified atom stereocenters. The third-order valence-electron chi connectivity index (χ3n) is 6.01. The largest absolute Gasteiger partial charge is 0.467 e. The molecule has 8 nitrogen and oxygen atoms in total. The maximum Gasteiger partial charge on any atom is 0.407 e. The van der Waals surface area contributed by atoms with E-state index in [1.807, 2.05) is 0 Å². The van der Waals surface area contributed by atoms with Gasteiger partial charge in [0.1, 0.15) is 17.4 Å². The molecule has 2 atom stereocenters. The van der Waals surface area contributed by atoms with Crippen LogP contribution in [0.4, 0.5) is 9.18 Å². The molecule has 1 saturated carbocycles. The van der Waals surface area contributed by atoms with Crippen molar-refractivity contribution < 1.29 is 27.6 Å². The summed E-state index contributed by atoms with van der Waals surface area (Å²) in [6, 6.07) is 1.77. The quantitative estimate of drug-likeness (QED) is 0.299. The lowest BCUT2D eigenvalue weighted by atomic mass is 9.69. The average Bonchev–Trinajstić information content (AvgIpc) is 2.76. The van der Waals surface area contributed by atoms with Crippen molar-refractivity contribution in [2.75, 3.05) is 12.9 Å². The second-order valence-corrected chi connectivity index (χ2v) is 10.6. The molecule has 1 aliphatic rings. The van der Waals surface area contributed by atoms with Gasteiger partial charge < -0.3 is 24.3 Å². The maximum atomic E-state index is 14.6. The van der Waals surface area contributed by atoms with E-state index in [4.69, 9.17) is 13.7 Å². The Hall–Kier alpha value is -2.33. The van der Waals surface area contributed by atoms with Gasteiger partial charge in [0.15, 0.2) is 11.9 Å². The molecule has 0 radical (unpaired) electrons. The van der Waals surface area contributed by atoms with Crippen LogP contribution < -0.4 is 10.6 Å². The molecular weight excluding hydrogens is 473 g/mol. The molecule has 2 rings (SSSR count). The first kappa shape index (κ1) is 28.9. The van der Waals surface area contributed by atoms with Crippen molar-refractivity contribution in [3.05, 3.63) is 35.9 Å². The van der Waals surface area contributed by atoms with E-state index < -0.39 is 35.6 Å². The van der Waals surface area contributed by atoms with Crippen LogP contribution in [0.25, 0.3) is 5.70 Å². The molecule has 1 aromatic rings. The molecule has 1 aromatic heterocycles. The molecule has 0 aliphatic heterocycles. The molecule has 0 spiro atoms. The Labute approximate surface area is 212 Å². The van der Waals surface area contributed by atoms with E-state index in [1.165, 1.54) is 50.5 Å². The third-order valence-corrected chi connectivity index (χ3v) is 7.18. The molecule has 0 aromatic carbocycles. The predicted molar refractivity (Wildman–Crippen MR) is 135 cm³/mol. The van der Waals surface area contributed by atoms with Gasteiger partial charge in [0.25, 0.3) is 0 Å². The first-order valence-corrected chi connectivity index (χ1v) is 12.7. The number of carbonyl (C=O) groups excluding carboxylic acids is 2. The first-order chi connectivity index (χ1) is 16.4. The summed E-state index contributed by atoms with van der Waals surface area (Å²) in [7, 11) is 1.28. The monoisotopic (exact) mass is 511 g/mol. The lowest BCUT2D eigenvalue weighted by Crippen LogP contribution is -2.45. The van der Waals surface area contributed by atoms with E-state index in [9.17, 15) is 14.0 Å². The Morgan fingerprint density at radius 1 is 1.31 bits per heavy atom. The van der Waals surface area contributed by atoms with Gasteiger partial charge in [-0.1, -0.05) is 19.9 Å². The number of hydrogen-bond acceptors (Lipinski definition) is 8. The molecule has 0 saturated heterocycles. The van der Waals surface area contributed by atoms with E-state index in [1.54, 1.807) is 27.7 Å². The van der Waals surface area contributed by atoms with Crippen molar-refractivity contribution in [1.82, 2.24) is 15.6 Å². The number of nitrogens with one attached hydrogen (secondary N) is 2. The average molecular weight is 512 g/mol. The minimum Gasteiger partial charge on any atom is -0.467 e. The van der Waals surface area contributed by atoms with Crippen LogP contribution in [-0.4, -0.2) is 47.7 Å². The summed E-state index contributed by atoms with van der Waals surface area (Å²) in [5.74, 6) is -0.327. The lowest BCUT2D eigenvalue weighted by molar-refractivity contribution is -0.144. The normalized spacial score (nSPS) is 16.4. The zero-order valence-electron chi connectivity index (χ0n) is 21.5. The topological polar surface area (TPSA) is 98.8 Å². The zero-order valence-corrected chi connectivity index (χ0v) is 22.4. The summed E-state index contributed by atoms with van der Waals surface area (Å²) in [4.78, 5) is 28.6. The van der Waals surface area contributed by atoms with E-state index >= 15 is 0 Å².